The fraction of sp³-hybridized carbons (Fsp3) is 0.241. The van der Waals surface area contributed by atoms with Gasteiger partial charge in [-0.2, -0.15) is 0 Å². The van der Waals surface area contributed by atoms with Crippen molar-refractivity contribution in [1.29, 1.82) is 0 Å². The van der Waals surface area contributed by atoms with Crippen molar-refractivity contribution >= 4 is 28.5 Å². The number of hydrogen-bond acceptors (Lipinski definition) is 4. The molecule has 6 heteroatoms. The van der Waals surface area contributed by atoms with E-state index in [-0.39, 0.29) is 12.3 Å². The summed E-state index contributed by atoms with van der Waals surface area (Å²) in [6, 6.07) is 21.2. The molecule has 1 N–H and O–H groups in total. The highest BCUT2D eigenvalue weighted by Crippen LogP contribution is 2.28. The number of likely N-dealkylation sites (N-methyl/N-ethyl adjacent to an activating group) is 1. The third-order valence-corrected chi connectivity index (χ3v) is 6.34. The van der Waals surface area contributed by atoms with E-state index in [1.165, 1.54) is 5.56 Å². The Labute approximate surface area is 205 Å². The number of carboxylic acids is 1. The summed E-state index contributed by atoms with van der Waals surface area (Å²) in [4.78, 5) is 27.1. The largest absolute Gasteiger partial charge is 0.492 e. The van der Waals surface area contributed by atoms with Crippen molar-refractivity contribution in [2.75, 3.05) is 25.1 Å². The molecule has 35 heavy (non-hydrogen) atoms. The van der Waals surface area contributed by atoms with Crippen molar-refractivity contribution < 1.29 is 19.4 Å². The lowest BCUT2D eigenvalue weighted by Gasteiger charge is -2.20. The average molecular weight is 471 g/mol. The molecule has 4 aromatic rings. The molecule has 0 fully saturated rings. The molecule has 0 aliphatic heterocycles. The summed E-state index contributed by atoms with van der Waals surface area (Å²) in [6.07, 6.45) is -0.130. The number of anilines is 1. The molecule has 180 valence electrons. The van der Waals surface area contributed by atoms with Gasteiger partial charge in [-0.1, -0.05) is 30.3 Å². The number of para-hydroxylation sites is 1. The van der Waals surface area contributed by atoms with Gasteiger partial charge in [0.05, 0.1) is 18.5 Å². The van der Waals surface area contributed by atoms with Crippen molar-refractivity contribution in [1.82, 2.24) is 4.57 Å². The summed E-state index contributed by atoms with van der Waals surface area (Å²) in [7, 11) is 2.04. The number of aromatic nitrogens is 1. The van der Waals surface area contributed by atoms with E-state index in [2.05, 4.69) is 30.0 Å². The maximum absolute atomic E-state index is 13.6. The van der Waals surface area contributed by atoms with Gasteiger partial charge in [0.1, 0.15) is 12.4 Å². The Balaban J connectivity index is 1.52. The minimum Gasteiger partial charge on any atom is -0.492 e. The summed E-state index contributed by atoms with van der Waals surface area (Å²) in [5.41, 5.74) is 5.74. The molecule has 0 bridgehead atoms. The molecule has 0 saturated carbocycles. The minimum absolute atomic E-state index is 0.130. The van der Waals surface area contributed by atoms with E-state index in [1.807, 2.05) is 56.4 Å². The van der Waals surface area contributed by atoms with Crippen LogP contribution in [0.15, 0.2) is 66.7 Å². The van der Waals surface area contributed by atoms with Gasteiger partial charge in [0, 0.05) is 29.4 Å². The fourth-order valence-corrected chi connectivity index (χ4v) is 4.45. The third kappa shape index (κ3) is 5.06. The fourth-order valence-electron chi connectivity index (χ4n) is 4.45. The first-order valence-corrected chi connectivity index (χ1v) is 11.6. The topological polar surface area (TPSA) is 71.8 Å². The number of fused-ring (bicyclic) bond motifs is 1. The highest BCUT2D eigenvalue weighted by atomic mass is 16.5. The minimum atomic E-state index is -0.922. The zero-order valence-electron chi connectivity index (χ0n) is 20.5. The average Bonchev–Trinajstić information content (AvgIpc) is 3.09. The summed E-state index contributed by atoms with van der Waals surface area (Å²) < 4.78 is 7.58. The van der Waals surface area contributed by atoms with Gasteiger partial charge in [-0.25, -0.2) is 0 Å². The number of aliphatic carboxylic acids is 1. The quantitative estimate of drug-likeness (QED) is 0.373. The standard InChI is InChI=1S/C29H30N2O4/c1-19-8-7-9-22(16-19)30(4)14-15-35-23-12-13-24(20(2)17-23)29(34)31-21(3)26(18-28(32)33)25-10-5-6-11-27(25)31/h5-13,16-17H,14-15,18H2,1-4H3,(H,32,33). The van der Waals surface area contributed by atoms with Gasteiger partial charge in [0.2, 0.25) is 0 Å². The molecular weight excluding hydrogens is 440 g/mol. The Morgan fingerprint density at radius 3 is 2.46 bits per heavy atom. The van der Waals surface area contributed by atoms with Crippen LogP contribution < -0.4 is 9.64 Å². The maximum Gasteiger partial charge on any atom is 0.307 e. The number of hydrogen-bond donors (Lipinski definition) is 1. The highest BCUT2D eigenvalue weighted by Gasteiger charge is 2.22. The number of nitrogens with zero attached hydrogens (tertiary/aromatic N) is 2. The van der Waals surface area contributed by atoms with Gasteiger partial charge in [-0.3, -0.25) is 14.2 Å². The van der Waals surface area contributed by atoms with Crippen LogP contribution in [0.2, 0.25) is 0 Å². The van der Waals surface area contributed by atoms with Crippen molar-refractivity contribution in [3.05, 3.63) is 94.7 Å². The van der Waals surface area contributed by atoms with Gasteiger partial charge in [-0.05, 0) is 73.9 Å². The van der Waals surface area contributed by atoms with Crippen molar-refractivity contribution in [2.24, 2.45) is 0 Å². The predicted octanol–water partition coefficient (Wildman–Crippen LogP) is 5.40. The molecule has 6 nitrogen and oxygen atoms in total. The van der Waals surface area contributed by atoms with Crippen LogP contribution in [0.3, 0.4) is 0 Å². The number of carbonyl (C=O) groups is 2. The second kappa shape index (κ2) is 10.1. The molecule has 1 heterocycles. The van der Waals surface area contributed by atoms with Crippen molar-refractivity contribution in [3.63, 3.8) is 0 Å². The van der Waals surface area contributed by atoms with E-state index in [9.17, 15) is 14.7 Å². The Bertz CT molecular complexity index is 1400. The van der Waals surface area contributed by atoms with Crippen LogP contribution in [-0.4, -0.2) is 41.7 Å². The summed E-state index contributed by atoms with van der Waals surface area (Å²) >= 11 is 0. The van der Waals surface area contributed by atoms with Crippen LogP contribution in [0.4, 0.5) is 5.69 Å². The lowest BCUT2D eigenvalue weighted by molar-refractivity contribution is -0.136. The Hall–Kier alpha value is -4.06. The smallest absolute Gasteiger partial charge is 0.307 e. The lowest BCUT2D eigenvalue weighted by Crippen LogP contribution is -2.23. The Morgan fingerprint density at radius 2 is 1.74 bits per heavy atom. The van der Waals surface area contributed by atoms with E-state index in [0.717, 1.165) is 23.2 Å². The molecule has 0 saturated heterocycles. The van der Waals surface area contributed by atoms with E-state index in [0.29, 0.717) is 34.7 Å². The summed E-state index contributed by atoms with van der Waals surface area (Å²) in [5, 5.41) is 10.1. The first-order valence-electron chi connectivity index (χ1n) is 11.6. The molecule has 4 rings (SSSR count). The molecule has 3 aromatic carbocycles. The number of aryl methyl sites for hydroxylation is 2. The Morgan fingerprint density at radius 1 is 0.971 bits per heavy atom. The number of carbonyl (C=O) groups excluding carboxylic acids is 1. The molecule has 0 radical (unpaired) electrons. The second-order valence-electron chi connectivity index (χ2n) is 8.88. The molecule has 0 aliphatic carbocycles. The molecule has 0 aliphatic rings. The van der Waals surface area contributed by atoms with Crippen molar-refractivity contribution in [3.8, 4) is 5.75 Å². The molecule has 0 unspecified atom stereocenters. The highest BCUT2D eigenvalue weighted by molar-refractivity contribution is 6.05. The van der Waals surface area contributed by atoms with Crippen LogP contribution in [0.1, 0.15) is 32.7 Å². The van der Waals surface area contributed by atoms with E-state index in [4.69, 9.17) is 4.74 Å². The molecular formula is C29H30N2O4. The SMILES string of the molecule is Cc1cccc(N(C)CCOc2ccc(C(=O)n3c(C)c(CC(=O)O)c4ccccc43)c(C)c2)c1. The van der Waals surface area contributed by atoms with Crippen LogP contribution >= 0.6 is 0 Å². The van der Waals surface area contributed by atoms with Crippen LogP contribution in [0.5, 0.6) is 5.75 Å². The number of benzene rings is 3. The monoisotopic (exact) mass is 470 g/mol. The number of carboxylic acid groups (broad SMARTS) is 1. The third-order valence-electron chi connectivity index (χ3n) is 6.34. The number of rotatable bonds is 8. The molecule has 0 amide bonds. The molecule has 0 atom stereocenters. The summed E-state index contributed by atoms with van der Waals surface area (Å²) in [5.74, 6) is -0.398. The van der Waals surface area contributed by atoms with E-state index < -0.39 is 5.97 Å². The van der Waals surface area contributed by atoms with Crippen LogP contribution in [0.25, 0.3) is 10.9 Å². The predicted molar refractivity (Wildman–Crippen MR) is 139 cm³/mol. The first kappa shape index (κ1) is 24.1. The van der Waals surface area contributed by atoms with E-state index >= 15 is 0 Å². The van der Waals surface area contributed by atoms with Crippen molar-refractivity contribution in [2.45, 2.75) is 27.2 Å². The van der Waals surface area contributed by atoms with Gasteiger partial charge < -0.3 is 14.7 Å². The van der Waals surface area contributed by atoms with Gasteiger partial charge in [0.15, 0.2) is 0 Å². The first-order chi connectivity index (χ1) is 16.8. The number of ether oxygens (including phenoxy) is 1. The van der Waals surface area contributed by atoms with E-state index in [1.54, 1.807) is 17.6 Å². The lowest BCUT2D eigenvalue weighted by atomic mass is 10.1. The molecule has 1 aromatic heterocycles. The molecule has 0 spiro atoms. The van der Waals surface area contributed by atoms with Gasteiger partial charge in [0.25, 0.3) is 5.91 Å². The van der Waals surface area contributed by atoms with Crippen LogP contribution in [-0.2, 0) is 11.2 Å². The Kier molecular flexibility index (Phi) is 6.92. The normalized spacial score (nSPS) is 11.0. The van der Waals surface area contributed by atoms with Gasteiger partial charge >= 0.3 is 5.97 Å². The van der Waals surface area contributed by atoms with Gasteiger partial charge in [-0.15, -0.1) is 0 Å². The zero-order chi connectivity index (χ0) is 25.1. The second-order valence-corrected chi connectivity index (χ2v) is 8.88. The summed E-state index contributed by atoms with van der Waals surface area (Å²) in [6.45, 7) is 7.00. The van der Waals surface area contributed by atoms with Crippen LogP contribution in [0, 0.1) is 20.8 Å². The zero-order valence-corrected chi connectivity index (χ0v) is 20.5. The maximum atomic E-state index is 13.6.